The van der Waals surface area contributed by atoms with Crippen molar-refractivity contribution in [3.05, 3.63) is 6.42 Å². The molecule has 39 valence electrons. The van der Waals surface area contributed by atoms with Crippen molar-refractivity contribution in [3.8, 4) is 0 Å². The van der Waals surface area contributed by atoms with Gasteiger partial charge in [-0.3, -0.25) is 4.79 Å². The van der Waals surface area contributed by atoms with Gasteiger partial charge >= 0.3 is 0 Å². The van der Waals surface area contributed by atoms with Gasteiger partial charge < -0.3 is 0 Å². The van der Waals surface area contributed by atoms with Crippen LogP contribution >= 0.6 is 23.2 Å². The van der Waals surface area contributed by atoms with Crippen molar-refractivity contribution >= 4 is 29.0 Å². The number of alkyl halides is 2. The lowest BCUT2D eigenvalue weighted by Gasteiger charge is -2.25. The van der Waals surface area contributed by atoms with Gasteiger partial charge in [-0.25, -0.2) is 0 Å². The van der Waals surface area contributed by atoms with Gasteiger partial charge in [-0.2, -0.15) is 0 Å². The molecule has 0 spiro atoms. The van der Waals surface area contributed by atoms with E-state index in [2.05, 4.69) is 0 Å². The Morgan fingerprint density at radius 3 is 2.14 bits per heavy atom. The van der Waals surface area contributed by atoms with E-state index in [4.69, 9.17) is 23.2 Å². The Bertz CT molecular complexity index is 108. The molecule has 0 unspecified atom stereocenters. The van der Waals surface area contributed by atoms with Crippen LogP contribution in [-0.2, 0) is 4.79 Å². The minimum atomic E-state index is -1.14. The van der Waals surface area contributed by atoms with Gasteiger partial charge in [-0.05, 0) is 0 Å². The summed E-state index contributed by atoms with van der Waals surface area (Å²) in [7, 11) is 0. The van der Waals surface area contributed by atoms with Crippen LogP contribution in [0.3, 0.4) is 0 Å². The fourth-order valence-corrected chi connectivity index (χ4v) is 0.648. The summed E-state index contributed by atoms with van der Waals surface area (Å²) in [5.74, 6) is -0.101. The van der Waals surface area contributed by atoms with Crippen LogP contribution in [0.1, 0.15) is 6.42 Å². The predicted molar refractivity (Wildman–Crippen MR) is 28.4 cm³/mol. The second-order valence-corrected chi connectivity index (χ2v) is 2.84. The van der Waals surface area contributed by atoms with E-state index in [0.29, 0.717) is 6.42 Å². The molecule has 3 heteroatoms. The number of rotatable bonds is 0. The lowest BCUT2D eigenvalue weighted by atomic mass is 9.97. The van der Waals surface area contributed by atoms with Crippen LogP contribution in [0.25, 0.3) is 0 Å². The van der Waals surface area contributed by atoms with Crippen LogP contribution in [0.15, 0.2) is 0 Å². The molecule has 1 aliphatic rings. The lowest BCUT2D eigenvalue weighted by molar-refractivity contribution is -0.121. The molecule has 0 atom stereocenters. The van der Waals surface area contributed by atoms with Crippen LogP contribution in [0, 0.1) is 6.42 Å². The third kappa shape index (κ3) is 0.752. The zero-order valence-corrected chi connectivity index (χ0v) is 4.96. The summed E-state index contributed by atoms with van der Waals surface area (Å²) >= 11 is 10.6. The van der Waals surface area contributed by atoms with Crippen molar-refractivity contribution < 1.29 is 4.79 Å². The molecule has 0 amide bonds. The second kappa shape index (κ2) is 1.36. The largest absolute Gasteiger partial charge is 0.296 e. The number of halogens is 2. The van der Waals surface area contributed by atoms with Crippen molar-refractivity contribution in [2.24, 2.45) is 0 Å². The van der Waals surface area contributed by atoms with Gasteiger partial charge in [0.05, 0.1) is 0 Å². The molecule has 1 fully saturated rings. The smallest absolute Gasteiger partial charge is 0.179 e. The average Bonchev–Trinajstić information content (AvgIpc) is 1.63. The Labute approximate surface area is 51.6 Å². The average molecular weight is 138 g/mol. The molecular weight excluding hydrogens is 135 g/mol. The van der Waals surface area contributed by atoms with E-state index in [-0.39, 0.29) is 5.78 Å². The fraction of sp³-hybridized carbons (Fsp3) is 0.500. The van der Waals surface area contributed by atoms with Gasteiger partial charge in [0.2, 0.25) is 0 Å². The Kier molecular flexibility index (Phi) is 1.05. The Balaban J connectivity index is 2.59. The van der Waals surface area contributed by atoms with Gasteiger partial charge in [0.15, 0.2) is 10.1 Å². The van der Waals surface area contributed by atoms with Gasteiger partial charge in [0.1, 0.15) is 0 Å². The summed E-state index contributed by atoms with van der Waals surface area (Å²) in [4.78, 5) is 10.3. The molecule has 7 heavy (non-hydrogen) atoms. The van der Waals surface area contributed by atoms with E-state index in [1.54, 1.807) is 6.42 Å². The molecule has 1 rings (SSSR count). The van der Waals surface area contributed by atoms with Gasteiger partial charge in [0.25, 0.3) is 0 Å². The molecule has 0 aromatic heterocycles. The molecule has 0 heterocycles. The van der Waals surface area contributed by atoms with E-state index in [1.807, 2.05) is 0 Å². The molecule has 1 aliphatic carbocycles. The topological polar surface area (TPSA) is 17.1 Å². The van der Waals surface area contributed by atoms with Gasteiger partial charge in [-0.1, -0.05) is 23.2 Å². The Hall–Kier alpha value is 0.250. The van der Waals surface area contributed by atoms with Crippen LogP contribution < -0.4 is 0 Å². The number of carbonyl (C=O) groups is 1. The first-order valence-electron chi connectivity index (χ1n) is 1.88. The highest BCUT2D eigenvalue weighted by molar-refractivity contribution is 6.61. The Morgan fingerprint density at radius 2 is 2.14 bits per heavy atom. The minimum Gasteiger partial charge on any atom is -0.296 e. The monoisotopic (exact) mass is 137 g/mol. The number of Topliss-reactive ketones (excluding diaryl/α,β-unsaturated/α-hetero) is 1. The SMILES string of the molecule is O=C1C[CH]C1(Cl)Cl. The lowest BCUT2D eigenvalue weighted by Crippen LogP contribution is -2.37. The molecule has 0 aromatic rings. The highest BCUT2D eigenvalue weighted by Crippen LogP contribution is 2.37. The zero-order valence-electron chi connectivity index (χ0n) is 3.45. The first-order valence-corrected chi connectivity index (χ1v) is 2.64. The standard InChI is InChI=1S/C4H3Cl2O/c5-4(6)2-1-3(4)7/h2H,1H2. The van der Waals surface area contributed by atoms with E-state index >= 15 is 0 Å². The Morgan fingerprint density at radius 1 is 1.71 bits per heavy atom. The molecule has 1 radical (unpaired) electrons. The number of carbonyl (C=O) groups excluding carboxylic acids is 1. The van der Waals surface area contributed by atoms with E-state index in [1.165, 1.54) is 0 Å². The van der Waals surface area contributed by atoms with E-state index in [9.17, 15) is 4.79 Å². The van der Waals surface area contributed by atoms with Gasteiger partial charge in [0, 0.05) is 12.8 Å². The van der Waals surface area contributed by atoms with E-state index in [0.717, 1.165) is 0 Å². The van der Waals surface area contributed by atoms with Crippen LogP contribution in [-0.4, -0.2) is 10.1 Å². The van der Waals surface area contributed by atoms with Crippen LogP contribution in [0.2, 0.25) is 0 Å². The van der Waals surface area contributed by atoms with Crippen molar-refractivity contribution in [1.82, 2.24) is 0 Å². The summed E-state index contributed by atoms with van der Waals surface area (Å²) in [5.41, 5.74) is 0. The zero-order chi connectivity index (χ0) is 5.49. The highest BCUT2D eigenvalue weighted by Gasteiger charge is 2.42. The number of ketones is 1. The first-order chi connectivity index (χ1) is 3.13. The minimum absolute atomic E-state index is 0.101. The predicted octanol–water partition coefficient (Wildman–Crippen LogP) is 1.34. The molecule has 0 bridgehead atoms. The normalized spacial score (nSPS) is 26.9. The summed E-state index contributed by atoms with van der Waals surface area (Å²) in [6, 6.07) is 0. The van der Waals surface area contributed by atoms with Crippen LogP contribution in [0.4, 0.5) is 0 Å². The van der Waals surface area contributed by atoms with E-state index < -0.39 is 4.33 Å². The maximum atomic E-state index is 10.3. The molecule has 1 saturated carbocycles. The summed E-state index contributed by atoms with van der Waals surface area (Å²) in [6.45, 7) is 0. The maximum Gasteiger partial charge on any atom is 0.179 e. The summed E-state index contributed by atoms with van der Waals surface area (Å²) in [6.07, 6.45) is 1.99. The molecule has 0 aliphatic heterocycles. The maximum absolute atomic E-state index is 10.3. The van der Waals surface area contributed by atoms with Crippen molar-refractivity contribution in [2.75, 3.05) is 0 Å². The quantitative estimate of drug-likeness (QED) is 0.461. The molecule has 0 aromatic carbocycles. The first kappa shape index (κ1) is 5.39. The molecule has 0 N–H and O–H groups in total. The molecular formula is C4H3Cl2O. The van der Waals surface area contributed by atoms with Crippen molar-refractivity contribution in [1.29, 1.82) is 0 Å². The second-order valence-electron chi connectivity index (χ2n) is 1.45. The third-order valence-electron chi connectivity index (χ3n) is 0.916. The van der Waals surface area contributed by atoms with Gasteiger partial charge in [-0.15, -0.1) is 0 Å². The van der Waals surface area contributed by atoms with Crippen LogP contribution in [0.5, 0.6) is 0 Å². The van der Waals surface area contributed by atoms with Crippen molar-refractivity contribution in [2.45, 2.75) is 10.8 Å². The third-order valence-corrected chi connectivity index (χ3v) is 1.65. The fourth-order valence-electron chi connectivity index (χ4n) is 0.340. The molecule has 1 nitrogen and oxygen atoms in total. The molecule has 0 saturated heterocycles. The number of hydrogen-bond acceptors (Lipinski definition) is 1. The van der Waals surface area contributed by atoms with Crippen molar-refractivity contribution in [3.63, 3.8) is 0 Å². The summed E-state index contributed by atoms with van der Waals surface area (Å²) in [5, 5.41) is 0. The number of hydrogen-bond donors (Lipinski definition) is 0. The highest BCUT2D eigenvalue weighted by atomic mass is 35.5. The summed E-state index contributed by atoms with van der Waals surface area (Å²) < 4.78 is -1.14.